The molecule has 0 atom stereocenters. The van der Waals surface area contributed by atoms with Crippen LogP contribution in [0.3, 0.4) is 0 Å². The Morgan fingerprint density at radius 2 is 1.80 bits per heavy atom. The lowest BCUT2D eigenvalue weighted by molar-refractivity contribution is 0.418. The fourth-order valence-corrected chi connectivity index (χ4v) is 1.83. The molecule has 0 bridgehead atoms. The quantitative estimate of drug-likeness (QED) is 0.926. The topological polar surface area (TPSA) is 48.1 Å². The van der Waals surface area contributed by atoms with E-state index in [2.05, 4.69) is 25.8 Å². The fraction of sp³-hybridized carbons (Fsp3) is 0.312. The Morgan fingerprint density at radius 3 is 2.35 bits per heavy atom. The minimum atomic E-state index is -0.505. The summed E-state index contributed by atoms with van der Waals surface area (Å²) in [4.78, 5) is 3.90. The van der Waals surface area contributed by atoms with E-state index in [-0.39, 0.29) is 17.8 Å². The standard InChI is InChI=1S/C16H19FN2O/c1-16(2,3)12-4-6-13(7-5-12)20-15-14(17)11(10-18)8-9-19-15/h4-9H,10,18H2,1-3H3. The number of nitrogens with zero attached hydrogens (tertiary/aromatic N) is 1. The Labute approximate surface area is 118 Å². The van der Waals surface area contributed by atoms with E-state index in [1.54, 1.807) is 6.07 Å². The third-order valence-corrected chi connectivity index (χ3v) is 3.09. The van der Waals surface area contributed by atoms with Gasteiger partial charge < -0.3 is 10.5 Å². The van der Waals surface area contributed by atoms with Crippen molar-refractivity contribution < 1.29 is 9.13 Å². The van der Waals surface area contributed by atoms with Gasteiger partial charge in [0.1, 0.15) is 5.75 Å². The van der Waals surface area contributed by atoms with Crippen LogP contribution in [-0.4, -0.2) is 4.98 Å². The van der Waals surface area contributed by atoms with Crippen LogP contribution in [0.25, 0.3) is 0 Å². The lowest BCUT2D eigenvalue weighted by atomic mass is 9.87. The molecule has 0 saturated heterocycles. The van der Waals surface area contributed by atoms with E-state index in [0.29, 0.717) is 11.3 Å². The Kier molecular flexibility index (Phi) is 4.04. The molecule has 0 fully saturated rings. The number of hydrogen-bond donors (Lipinski definition) is 1. The van der Waals surface area contributed by atoms with Crippen molar-refractivity contribution in [3.8, 4) is 11.6 Å². The Balaban J connectivity index is 2.23. The van der Waals surface area contributed by atoms with Crippen molar-refractivity contribution >= 4 is 0 Å². The molecule has 0 amide bonds. The molecule has 2 aromatic rings. The molecule has 1 aromatic heterocycles. The average Bonchev–Trinajstić information content (AvgIpc) is 2.41. The van der Waals surface area contributed by atoms with Crippen LogP contribution >= 0.6 is 0 Å². The molecule has 0 aliphatic heterocycles. The van der Waals surface area contributed by atoms with Gasteiger partial charge in [0.2, 0.25) is 0 Å². The van der Waals surface area contributed by atoms with Gasteiger partial charge in [0.15, 0.2) is 5.82 Å². The zero-order chi connectivity index (χ0) is 14.8. The molecular formula is C16H19FN2O. The van der Waals surface area contributed by atoms with Crippen LogP contribution in [0.5, 0.6) is 11.6 Å². The number of pyridine rings is 1. The second-order valence-electron chi connectivity index (χ2n) is 5.67. The molecule has 106 valence electrons. The maximum absolute atomic E-state index is 14.0. The summed E-state index contributed by atoms with van der Waals surface area (Å²) in [5.41, 5.74) is 7.11. The molecule has 0 radical (unpaired) electrons. The van der Waals surface area contributed by atoms with Crippen molar-refractivity contribution in [3.63, 3.8) is 0 Å². The predicted octanol–water partition coefficient (Wildman–Crippen LogP) is 3.77. The number of nitrogens with two attached hydrogens (primary N) is 1. The molecule has 0 unspecified atom stereocenters. The summed E-state index contributed by atoms with van der Waals surface area (Å²) < 4.78 is 19.4. The zero-order valence-electron chi connectivity index (χ0n) is 12.0. The maximum atomic E-state index is 14.0. The second-order valence-corrected chi connectivity index (χ2v) is 5.67. The van der Waals surface area contributed by atoms with Gasteiger partial charge in [-0.1, -0.05) is 32.9 Å². The highest BCUT2D eigenvalue weighted by Gasteiger charge is 2.14. The molecule has 0 aliphatic carbocycles. The average molecular weight is 274 g/mol. The van der Waals surface area contributed by atoms with Gasteiger partial charge in [-0.15, -0.1) is 0 Å². The first-order valence-electron chi connectivity index (χ1n) is 6.53. The first-order chi connectivity index (χ1) is 9.41. The van der Waals surface area contributed by atoms with Gasteiger partial charge in [-0.05, 0) is 29.2 Å². The van der Waals surface area contributed by atoms with Crippen LogP contribution in [0.4, 0.5) is 4.39 Å². The normalized spacial score (nSPS) is 11.4. The molecule has 20 heavy (non-hydrogen) atoms. The second kappa shape index (κ2) is 5.59. The van der Waals surface area contributed by atoms with Crippen LogP contribution < -0.4 is 10.5 Å². The van der Waals surface area contributed by atoms with Gasteiger partial charge in [-0.3, -0.25) is 0 Å². The highest BCUT2D eigenvalue weighted by Crippen LogP contribution is 2.27. The Hall–Kier alpha value is -1.94. The van der Waals surface area contributed by atoms with E-state index in [1.165, 1.54) is 11.8 Å². The largest absolute Gasteiger partial charge is 0.436 e. The lowest BCUT2D eigenvalue weighted by Gasteiger charge is -2.19. The van der Waals surface area contributed by atoms with Gasteiger partial charge in [0.25, 0.3) is 5.88 Å². The van der Waals surface area contributed by atoms with Crippen molar-refractivity contribution in [3.05, 3.63) is 53.5 Å². The van der Waals surface area contributed by atoms with Gasteiger partial charge in [-0.25, -0.2) is 9.37 Å². The third kappa shape index (κ3) is 3.14. The molecule has 0 aliphatic rings. The summed E-state index contributed by atoms with van der Waals surface area (Å²) in [6, 6.07) is 9.12. The maximum Gasteiger partial charge on any atom is 0.256 e. The highest BCUT2D eigenvalue weighted by atomic mass is 19.1. The molecule has 1 aromatic carbocycles. The SMILES string of the molecule is CC(C)(C)c1ccc(Oc2nccc(CN)c2F)cc1. The molecule has 0 spiro atoms. The summed E-state index contributed by atoms with van der Waals surface area (Å²) in [6.45, 7) is 6.52. The fourth-order valence-electron chi connectivity index (χ4n) is 1.83. The summed E-state index contributed by atoms with van der Waals surface area (Å²) in [5, 5.41) is 0. The van der Waals surface area contributed by atoms with E-state index in [0.717, 1.165) is 0 Å². The molecule has 1 heterocycles. The number of halogens is 1. The van der Waals surface area contributed by atoms with Crippen LogP contribution in [0, 0.1) is 5.82 Å². The first-order valence-corrected chi connectivity index (χ1v) is 6.53. The minimum absolute atomic E-state index is 0.0449. The van der Waals surface area contributed by atoms with E-state index >= 15 is 0 Å². The number of hydrogen-bond acceptors (Lipinski definition) is 3. The smallest absolute Gasteiger partial charge is 0.256 e. The molecule has 4 heteroatoms. The lowest BCUT2D eigenvalue weighted by Crippen LogP contribution is -2.10. The number of benzene rings is 1. The van der Waals surface area contributed by atoms with Crippen molar-refractivity contribution in [1.82, 2.24) is 4.98 Å². The summed E-state index contributed by atoms with van der Waals surface area (Å²) in [7, 11) is 0. The van der Waals surface area contributed by atoms with Crippen molar-refractivity contribution in [2.24, 2.45) is 5.73 Å². The monoisotopic (exact) mass is 274 g/mol. The van der Waals surface area contributed by atoms with E-state index in [9.17, 15) is 4.39 Å². The number of rotatable bonds is 3. The third-order valence-electron chi connectivity index (χ3n) is 3.09. The molecule has 2 N–H and O–H groups in total. The highest BCUT2D eigenvalue weighted by molar-refractivity contribution is 5.34. The Morgan fingerprint density at radius 1 is 1.15 bits per heavy atom. The Bertz CT molecular complexity index is 588. The van der Waals surface area contributed by atoms with Crippen molar-refractivity contribution in [2.75, 3.05) is 0 Å². The van der Waals surface area contributed by atoms with Gasteiger partial charge in [0.05, 0.1) is 0 Å². The summed E-state index contributed by atoms with van der Waals surface area (Å²) in [5.74, 6) is 0.00456. The number of ether oxygens (including phenoxy) is 1. The van der Waals surface area contributed by atoms with Crippen LogP contribution in [-0.2, 0) is 12.0 Å². The van der Waals surface area contributed by atoms with E-state index in [4.69, 9.17) is 10.5 Å². The first kappa shape index (κ1) is 14.5. The number of aromatic nitrogens is 1. The van der Waals surface area contributed by atoms with Crippen LogP contribution in [0.1, 0.15) is 31.9 Å². The predicted molar refractivity (Wildman–Crippen MR) is 77.3 cm³/mol. The van der Waals surface area contributed by atoms with Crippen molar-refractivity contribution in [2.45, 2.75) is 32.7 Å². The molecular weight excluding hydrogens is 255 g/mol. The molecule has 3 nitrogen and oxygen atoms in total. The van der Waals surface area contributed by atoms with Gasteiger partial charge in [-0.2, -0.15) is 0 Å². The van der Waals surface area contributed by atoms with Crippen molar-refractivity contribution in [1.29, 1.82) is 0 Å². The molecule has 0 saturated carbocycles. The summed E-state index contributed by atoms with van der Waals surface area (Å²) >= 11 is 0. The minimum Gasteiger partial charge on any atom is -0.436 e. The molecule has 2 rings (SSSR count). The summed E-state index contributed by atoms with van der Waals surface area (Å²) in [6.07, 6.45) is 1.49. The van der Waals surface area contributed by atoms with E-state index in [1.807, 2.05) is 24.3 Å². The zero-order valence-corrected chi connectivity index (χ0v) is 12.0. The van der Waals surface area contributed by atoms with Gasteiger partial charge in [0, 0.05) is 18.3 Å². The van der Waals surface area contributed by atoms with Crippen LogP contribution in [0.15, 0.2) is 36.5 Å². The van der Waals surface area contributed by atoms with Crippen LogP contribution in [0.2, 0.25) is 0 Å². The van der Waals surface area contributed by atoms with Gasteiger partial charge >= 0.3 is 0 Å². The van der Waals surface area contributed by atoms with E-state index < -0.39 is 5.82 Å².